The van der Waals surface area contributed by atoms with Crippen LogP contribution in [0.25, 0.3) is 11.3 Å². The van der Waals surface area contributed by atoms with Gasteiger partial charge in [0, 0.05) is 23.2 Å². The van der Waals surface area contributed by atoms with E-state index in [1.807, 2.05) is 13.0 Å². The van der Waals surface area contributed by atoms with Crippen LogP contribution >= 0.6 is 23.4 Å². The molecule has 1 aromatic heterocycles. The largest absolute Gasteiger partial charge is 0.326 e. The second-order valence-corrected chi connectivity index (χ2v) is 7.71. The lowest BCUT2D eigenvalue weighted by atomic mass is 10.1. The van der Waals surface area contributed by atoms with Gasteiger partial charge >= 0.3 is 0 Å². The average molecular weight is 444 g/mol. The number of carbonyl (C=O) groups is 2. The van der Waals surface area contributed by atoms with E-state index in [1.165, 1.54) is 6.92 Å². The molecule has 154 valence electrons. The number of nitrogens with one attached hydrogen (secondary N) is 3. The lowest BCUT2D eigenvalue weighted by Crippen LogP contribution is -2.18. The highest BCUT2D eigenvalue weighted by atomic mass is 35.5. The predicted molar refractivity (Wildman–Crippen MR) is 118 cm³/mol. The molecule has 3 aromatic rings. The Bertz CT molecular complexity index is 1170. The zero-order chi connectivity index (χ0) is 21.7. The molecule has 0 saturated heterocycles. The van der Waals surface area contributed by atoms with Crippen molar-refractivity contribution in [1.29, 1.82) is 0 Å². The first-order valence-electron chi connectivity index (χ1n) is 8.86. The van der Waals surface area contributed by atoms with Crippen LogP contribution in [0.3, 0.4) is 0 Å². The van der Waals surface area contributed by atoms with Crippen molar-refractivity contribution >= 4 is 46.6 Å². The number of benzene rings is 2. The summed E-state index contributed by atoms with van der Waals surface area (Å²) in [6.07, 6.45) is 0. The summed E-state index contributed by atoms with van der Waals surface area (Å²) in [6, 6.07) is 12.0. The second kappa shape index (κ2) is 9.55. The summed E-state index contributed by atoms with van der Waals surface area (Å²) >= 11 is 7.10. The lowest BCUT2D eigenvalue weighted by Gasteiger charge is -2.09. The summed E-state index contributed by atoms with van der Waals surface area (Å²) in [5.74, 6) is -0.514. The molecule has 0 aliphatic carbocycles. The fourth-order valence-corrected chi connectivity index (χ4v) is 3.34. The van der Waals surface area contributed by atoms with Crippen molar-refractivity contribution in [3.8, 4) is 11.3 Å². The Morgan fingerprint density at radius 2 is 1.90 bits per heavy atom. The van der Waals surface area contributed by atoms with E-state index in [0.717, 1.165) is 17.3 Å². The van der Waals surface area contributed by atoms with Gasteiger partial charge in [-0.3, -0.25) is 19.4 Å². The average Bonchev–Trinajstić information content (AvgIpc) is 2.70. The van der Waals surface area contributed by atoms with Gasteiger partial charge in [-0.15, -0.1) is 10.2 Å². The number of anilines is 2. The Morgan fingerprint density at radius 3 is 2.60 bits per heavy atom. The minimum Gasteiger partial charge on any atom is -0.326 e. The first-order valence-corrected chi connectivity index (χ1v) is 10.2. The van der Waals surface area contributed by atoms with Crippen LogP contribution in [0.1, 0.15) is 12.5 Å². The van der Waals surface area contributed by atoms with Gasteiger partial charge in [0.2, 0.25) is 11.8 Å². The van der Waals surface area contributed by atoms with Crippen molar-refractivity contribution in [3.05, 3.63) is 63.4 Å². The highest BCUT2D eigenvalue weighted by Crippen LogP contribution is 2.24. The minimum atomic E-state index is -0.476. The van der Waals surface area contributed by atoms with Crippen molar-refractivity contribution in [2.75, 3.05) is 16.4 Å². The summed E-state index contributed by atoms with van der Waals surface area (Å²) in [6.45, 7) is 3.25. The van der Waals surface area contributed by atoms with Gasteiger partial charge in [0.15, 0.2) is 10.9 Å². The number of hydrogen-bond donors (Lipinski definition) is 3. The van der Waals surface area contributed by atoms with E-state index < -0.39 is 5.56 Å². The molecular weight excluding hydrogens is 426 g/mol. The standard InChI is InChI=1S/C20H18ClN5O3S/c1-11-7-8-13(9-15(11)21)23-17(28)10-30-20-24-19(29)18(25-26-20)14-5-3-4-6-16(14)22-12(2)27/h3-9H,10H2,1-2H3,(H,22,27)(H,23,28)(H,24,26,29). The molecule has 0 atom stereocenters. The van der Waals surface area contributed by atoms with Gasteiger partial charge in [-0.25, -0.2) is 0 Å². The van der Waals surface area contributed by atoms with Gasteiger partial charge in [0.1, 0.15) is 0 Å². The maximum absolute atomic E-state index is 12.5. The van der Waals surface area contributed by atoms with Crippen LogP contribution in [0.4, 0.5) is 11.4 Å². The number of para-hydroxylation sites is 1. The molecule has 0 fully saturated rings. The van der Waals surface area contributed by atoms with E-state index in [9.17, 15) is 14.4 Å². The molecule has 30 heavy (non-hydrogen) atoms. The Morgan fingerprint density at radius 1 is 1.13 bits per heavy atom. The number of rotatable bonds is 6. The van der Waals surface area contributed by atoms with Crippen LogP contribution in [0.15, 0.2) is 52.4 Å². The van der Waals surface area contributed by atoms with Crippen molar-refractivity contribution in [1.82, 2.24) is 15.2 Å². The number of thioether (sulfide) groups is 1. The van der Waals surface area contributed by atoms with E-state index in [2.05, 4.69) is 25.8 Å². The van der Waals surface area contributed by atoms with Gasteiger partial charge in [-0.05, 0) is 30.7 Å². The summed E-state index contributed by atoms with van der Waals surface area (Å²) in [4.78, 5) is 38.6. The van der Waals surface area contributed by atoms with Gasteiger partial charge in [0.05, 0.1) is 11.4 Å². The van der Waals surface area contributed by atoms with Crippen LogP contribution < -0.4 is 16.2 Å². The minimum absolute atomic E-state index is 0.0257. The molecule has 0 unspecified atom stereocenters. The van der Waals surface area contributed by atoms with Crippen molar-refractivity contribution < 1.29 is 9.59 Å². The third kappa shape index (κ3) is 5.46. The number of carbonyl (C=O) groups excluding carboxylic acids is 2. The molecule has 8 nitrogen and oxygen atoms in total. The monoisotopic (exact) mass is 443 g/mol. The number of hydrogen-bond acceptors (Lipinski definition) is 6. The zero-order valence-electron chi connectivity index (χ0n) is 16.2. The number of halogens is 1. The van der Waals surface area contributed by atoms with Crippen LogP contribution in [-0.4, -0.2) is 32.7 Å². The third-order valence-electron chi connectivity index (χ3n) is 3.96. The van der Waals surface area contributed by atoms with Crippen LogP contribution in [0.5, 0.6) is 0 Å². The first-order chi connectivity index (χ1) is 14.3. The molecule has 3 N–H and O–H groups in total. The third-order valence-corrected chi connectivity index (χ3v) is 5.24. The summed E-state index contributed by atoms with van der Waals surface area (Å²) < 4.78 is 0. The molecule has 10 heteroatoms. The highest BCUT2D eigenvalue weighted by Gasteiger charge is 2.14. The molecule has 0 radical (unpaired) electrons. The molecule has 1 heterocycles. The van der Waals surface area contributed by atoms with E-state index in [-0.39, 0.29) is 28.4 Å². The number of nitrogens with zero attached hydrogens (tertiary/aromatic N) is 2. The molecule has 0 bridgehead atoms. The number of aromatic nitrogens is 3. The molecule has 0 saturated carbocycles. The summed E-state index contributed by atoms with van der Waals surface area (Å²) in [5.41, 5.74) is 2.00. The fraction of sp³-hybridized carbons (Fsp3) is 0.150. The molecule has 0 aliphatic heterocycles. The van der Waals surface area contributed by atoms with Gasteiger partial charge in [0.25, 0.3) is 5.56 Å². The van der Waals surface area contributed by atoms with Gasteiger partial charge < -0.3 is 10.6 Å². The van der Waals surface area contributed by atoms with E-state index in [1.54, 1.807) is 36.4 Å². The van der Waals surface area contributed by atoms with Crippen LogP contribution in [0.2, 0.25) is 5.02 Å². The normalized spacial score (nSPS) is 10.5. The number of aryl methyl sites for hydroxylation is 1. The van der Waals surface area contributed by atoms with Gasteiger partial charge in [-0.2, -0.15) is 0 Å². The van der Waals surface area contributed by atoms with E-state index in [4.69, 9.17) is 11.6 Å². The Kier molecular flexibility index (Phi) is 6.86. The van der Waals surface area contributed by atoms with Crippen LogP contribution in [-0.2, 0) is 9.59 Å². The first kappa shape index (κ1) is 21.5. The fourth-order valence-electron chi connectivity index (χ4n) is 2.55. The maximum atomic E-state index is 12.5. The summed E-state index contributed by atoms with van der Waals surface area (Å²) in [5, 5.41) is 14.1. The zero-order valence-corrected chi connectivity index (χ0v) is 17.7. The van der Waals surface area contributed by atoms with Crippen molar-refractivity contribution in [3.63, 3.8) is 0 Å². The predicted octanol–water partition coefficient (Wildman–Crippen LogP) is 3.48. The molecule has 0 spiro atoms. The maximum Gasteiger partial charge on any atom is 0.278 e. The highest BCUT2D eigenvalue weighted by molar-refractivity contribution is 7.99. The van der Waals surface area contributed by atoms with Crippen molar-refractivity contribution in [2.24, 2.45) is 0 Å². The second-order valence-electron chi connectivity index (χ2n) is 6.34. The number of H-pyrrole nitrogens is 1. The Balaban J connectivity index is 1.69. The topological polar surface area (TPSA) is 117 Å². The van der Waals surface area contributed by atoms with Crippen LogP contribution in [0, 0.1) is 6.92 Å². The van der Waals surface area contributed by atoms with Gasteiger partial charge in [-0.1, -0.05) is 47.6 Å². The molecule has 3 rings (SSSR count). The SMILES string of the molecule is CC(=O)Nc1ccccc1-c1nnc(SCC(=O)Nc2ccc(C)c(Cl)c2)[nH]c1=O. The molecular formula is C20H18ClN5O3S. The molecule has 2 amide bonds. The Hall–Kier alpha value is -3.17. The number of aromatic amines is 1. The lowest BCUT2D eigenvalue weighted by molar-refractivity contribution is -0.114. The summed E-state index contributed by atoms with van der Waals surface area (Å²) in [7, 11) is 0. The molecule has 0 aliphatic rings. The molecule has 2 aromatic carbocycles. The van der Waals surface area contributed by atoms with Crippen molar-refractivity contribution in [2.45, 2.75) is 19.0 Å². The Labute approximate surface area is 181 Å². The number of amides is 2. The van der Waals surface area contributed by atoms with E-state index >= 15 is 0 Å². The smallest absolute Gasteiger partial charge is 0.278 e. The quantitative estimate of drug-likeness (QED) is 0.502. The van der Waals surface area contributed by atoms with E-state index in [0.29, 0.717) is 22.0 Å².